The molecule has 116 valence electrons. The zero-order valence-corrected chi connectivity index (χ0v) is 13.7. The first kappa shape index (κ1) is 15.0. The maximum absolute atomic E-state index is 5.96. The molecule has 5 heteroatoms. The van der Waals surface area contributed by atoms with Crippen LogP contribution in [-0.2, 0) is 19.3 Å². The number of nitrogens with two attached hydrogens (primary N) is 1. The molecule has 0 saturated heterocycles. The van der Waals surface area contributed by atoms with E-state index in [2.05, 4.69) is 38.9 Å². The normalized spacial score (nSPS) is 14.1. The van der Waals surface area contributed by atoms with E-state index in [9.17, 15) is 0 Å². The zero-order chi connectivity index (χ0) is 15.4. The summed E-state index contributed by atoms with van der Waals surface area (Å²) in [7, 11) is 0. The van der Waals surface area contributed by atoms with Gasteiger partial charge in [0.1, 0.15) is 0 Å². The SMILES string of the molecule is Cc1csc(CCCN=C(N)Nc2ccc3c(c2)CCC3)n1. The van der Waals surface area contributed by atoms with Crippen LogP contribution in [0, 0.1) is 6.92 Å². The van der Waals surface area contributed by atoms with Crippen LogP contribution < -0.4 is 11.1 Å². The monoisotopic (exact) mass is 314 g/mol. The number of anilines is 1. The minimum atomic E-state index is 0.494. The average molecular weight is 314 g/mol. The summed E-state index contributed by atoms with van der Waals surface area (Å²) in [4.78, 5) is 8.85. The van der Waals surface area contributed by atoms with Crippen LogP contribution in [0.5, 0.6) is 0 Å². The lowest BCUT2D eigenvalue weighted by molar-refractivity contribution is 0.823. The number of hydrogen-bond donors (Lipinski definition) is 2. The molecule has 0 bridgehead atoms. The molecule has 2 aromatic rings. The fourth-order valence-corrected chi connectivity index (χ4v) is 3.60. The van der Waals surface area contributed by atoms with Crippen LogP contribution in [0.1, 0.15) is 34.7 Å². The topological polar surface area (TPSA) is 63.3 Å². The summed E-state index contributed by atoms with van der Waals surface area (Å²) in [6.07, 6.45) is 5.58. The van der Waals surface area contributed by atoms with Gasteiger partial charge in [-0.1, -0.05) is 6.07 Å². The van der Waals surface area contributed by atoms with Crippen molar-refractivity contribution < 1.29 is 0 Å². The number of fused-ring (bicyclic) bond motifs is 1. The van der Waals surface area contributed by atoms with Gasteiger partial charge in [-0.3, -0.25) is 4.99 Å². The molecule has 3 rings (SSSR count). The number of aryl methyl sites for hydroxylation is 4. The quantitative estimate of drug-likeness (QED) is 0.505. The van der Waals surface area contributed by atoms with Gasteiger partial charge < -0.3 is 11.1 Å². The van der Waals surface area contributed by atoms with Crippen molar-refractivity contribution in [3.8, 4) is 0 Å². The van der Waals surface area contributed by atoms with Crippen molar-refractivity contribution in [2.75, 3.05) is 11.9 Å². The highest BCUT2D eigenvalue weighted by Gasteiger charge is 2.10. The van der Waals surface area contributed by atoms with E-state index >= 15 is 0 Å². The van der Waals surface area contributed by atoms with E-state index < -0.39 is 0 Å². The van der Waals surface area contributed by atoms with Gasteiger partial charge in [0.15, 0.2) is 5.96 Å². The molecule has 0 atom stereocenters. The van der Waals surface area contributed by atoms with Crippen molar-refractivity contribution in [3.63, 3.8) is 0 Å². The highest BCUT2D eigenvalue weighted by atomic mass is 32.1. The zero-order valence-electron chi connectivity index (χ0n) is 12.9. The summed E-state index contributed by atoms with van der Waals surface area (Å²) >= 11 is 1.72. The standard InChI is InChI=1S/C17H22N4S/c1-12-11-22-16(20-12)6-3-9-19-17(18)21-15-8-7-13-4-2-5-14(13)10-15/h7-8,10-11H,2-6,9H2,1H3,(H3,18,19,21). The third-order valence-corrected chi connectivity index (χ3v) is 4.89. The molecule has 0 amide bonds. The Bertz CT molecular complexity index is 675. The molecular weight excluding hydrogens is 292 g/mol. The predicted molar refractivity (Wildman–Crippen MR) is 93.8 cm³/mol. The molecule has 1 aromatic carbocycles. The predicted octanol–water partition coefficient (Wildman–Crippen LogP) is 3.30. The number of nitrogens with zero attached hydrogens (tertiary/aromatic N) is 2. The largest absolute Gasteiger partial charge is 0.370 e. The highest BCUT2D eigenvalue weighted by Crippen LogP contribution is 2.24. The Morgan fingerprint density at radius 1 is 1.36 bits per heavy atom. The minimum Gasteiger partial charge on any atom is -0.370 e. The van der Waals surface area contributed by atoms with E-state index in [1.807, 2.05) is 6.92 Å². The second kappa shape index (κ2) is 6.92. The summed E-state index contributed by atoms with van der Waals surface area (Å²) in [5.74, 6) is 0.494. The molecule has 4 nitrogen and oxygen atoms in total. The molecule has 22 heavy (non-hydrogen) atoms. The van der Waals surface area contributed by atoms with Gasteiger partial charge in [-0.2, -0.15) is 0 Å². The molecule has 0 unspecified atom stereocenters. The molecular formula is C17H22N4S. The Morgan fingerprint density at radius 3 is 3.05 bits per heavy atom. The molecule has 0 radical (unpaired) electrons. The molecule has 1 aliphatic rings. The summed E-state index contributed by atoms with van der Waals surface area (Å²) in [5.41, 5.74) is 11.0. The highest BCUT2D eigenvalue weighted by molar-refractivity contribution is 7.09. The maximum Gasteiger partial charge on any atom is 0.193 e. The molecule has 3 N–H and O–H groups in total. The minimum absolute atomic E-state index is 0.494. The van der Waals surface area contributed by atoms with Crippen LogP contribution in [0.3, 0.4) is 0 Å². The number of aliphatic imine (C=N–C) groups is 1. The lowest BCUT2D eigenvalue weighted by atomic mass is 10.1. The van der Waals surface area contributed by atoms with E-state index in [-0.39, 0.29) is 0 Å². The Kier molecular flexibility index (Phi) is 4.73. The molecule has 0 aliphatic heterocycles. The van der Waals surface area contributed by atoms with Crippen molar-refractivity contribution in [3.05, 3.63) is 45.4 Å². The smallest absolute Gasteiger partial charge is 0.193 e. The van der Waals surface area contributed by atoms with Gasteiger partial charge >= 0.3 is 0 Å². The van der Waals surface area contributed by atoms with E-state index in [1.54, 1.807) is 11.3 Å². The van der Waals surface area contributed by atoms with Gasteiger partial charge in [0.2, 0.25) is 0 Å². The molecule has 1 heterocycles. The lowest BCUT2D eigenvalue weighted by Gasteiger charge is -2.07. The van der Waals surface area contributed by atoms with E-state index in [0.29, 0.717) is 5.96 Å². The Balaban J connectivity index is 1.47. The Labute approximate surface area is 135 Å². The molecule has 0 spiro atoms. The van der Waals surface area contributed by atoms with Gasteiger partial charge in [0.05, 0.1) is 5.01 Å². The van der Waals surface area contributed by atoms with Gasteiger partial charge in [-0.05, 0) is 55.9 Å². The summed E-state index contributed by atoms with van der Waals surface area (Å²) < 4.78 is 0. The van der Waals surface area contributed by atoms with Crippen LogP contribution in [-0.4, -0.2) is 17.5 Å². The number of nitrogens with one attached hydrogen (secondary N) is 1. The third kappa shape index (κ3) is 3.85. The first-order valence-corrected chi connectivity index (χ1v) is 8.68. The fourth-order valence-electron chi connectivity index (χ4n) is 2.78. The van der Waals surface area contributed by atoms with Gasteiger partial charge in [-0.25, -0.2) is 4.98 Å². The van der Waals surface area contributed by atoms with Crippen molar-refractivity contribution in [1.29, 1.82) is 0 Å². The summed E-state index contributed by atoms with van der Waals surface area (Å²) in [6.45, 7) is 2.75. The van der Waals surface area contributed by atoms with Crippen molar-refractivity contribution in [2.24, 2.45) is 10.7 Å². The molecule has 1 aromatic heterocycles. The molecule has 0 saturated carbocycles. The summed E-state index contributed by atoms with van der Waals surface area (Å²) in [5, 5.41) is 6.45. The average Bonchev–Trinajstić information content (AvgIpc) is 3.12. The van der Waals surface area contributed by atoms with Gasteiger partial charge in [-0.15, -0.1) is 11.3 Å². The van der Waals surface area contributed by atoms with Crippen molar-refractivity contribution >= 4 is 23.0 Å². The maximum atomic E-state index is 5.96. The number of benzene rings is 1. The van der Waals surface area contributed by atoms with Crippen LogP contribution in [0.15, 0.2) is 28.6 Å². The molecule has 0 fully saturated rings. The van der Waals surface area contributed by atoms with Crippen LogP contribution in [0.25, 0.3) is 0 Å². The van der Waals surface area contributed by atoms with E-state index in [1.165, 1.54) is 35.4 Å². The molecule has 1 aliphatic carbocycles. The van der Waals surface area contributed by atoms with E-state index in [4.69, 9.17) is 5.73 Å². The van der Waals surface area contributed by atoms with Crippen molar-refractivity contribution in [1.82, 2.24) is 4.98 Å². The number of guanidine groups is 1. The lowest BCUT2D eigenvalue weighted by Crippen LogP contribution is -2.23. The number of rotatable bonds is 5. The van der Waals surface area contributed by atoms with Crippen molar-refractivity contribution in [2.45, 2.75) is 39.0 Å². The van der Waals surface area contributed by atoms with Gasteiger partial charge in [0.25, 0.3) is 0 Å². The van der Waals surface area contributed by atoms with Crippen LogP contribution in [0.2, 0.25) is 0 Å². The van der Waals surface area contributed by atoms with Crippen LogP contribution in [0.4, 0.5) is 5.69 Å². The Hall–Kier alpha value is -1.88. The van der Waals surface area contributed by atoms with Gasteiger partial charge in [0, 0.05) is 29.7 Å². The number of aromatic nitrogens is 1. The second-order valence-electron chi connectivity index (χ2n) is 5.72. The summed E-state index contributed by atoms with van der Waals surface area (Å²) in [6, 6.07) is 6.48. The number of thiazole rings is 1. The van der Waals surface area contributed by atoms with E-state index in [0.717, 1.165) is 30.8 Å². The first-order chi connectivity index (χ1) is 10.7. The number of hydrogen-bond acceptors (Lipinski definition) is 3. The Morgan fingerprint density at radius 2 is 2.23 bits per heavy atom. The first-order valence-electron chi connectivity index (χ1n) is 7.80. The fraction of sp³-hybridized carbons (Fsp3) is 0.412. The second-order valence-corrected chi connectivity index (χ2v) is 6.66. The van der Waals surface area contributed by atoms with Crippen LogP contribution >= 0.6 is 11.3 Å². The third-order valence-electron chi connectivity index (χ3n) is 3.87.